The molecule has 2 N–H and O–H groups in total. The molecule has 0 spiro atoms. The van der Waals surface area contributed by atoms with Crippen LogP contribution in [-0.2, 0) is 9.59 Å². The molecule has 0 saturated heterocycles. The van der Waals surface area contributed by atoms with Crippen LogP contribution in [0.2, 0.25) is 0 Å². The second-order valence-corrected chi connectivity index (χ2v) is 5.70. The predicted molar refractivity (Wildman–Crippen MR) is 100 cm³/mol. The van der Waals surface area contributed by atoms with E-state index in [0.717, 1.165) is 0 Å². The summed E-state index contributed by atoms with van der Waals surface area (Å²) >= 11 is 0. The van der Waals surface area contributed by atoms with E-state index in [1.165, 1.54) is 7.11 Å². The molecule has 0 atom stereocenters. The lowest BCUT2D eigenvalue weighted by molar-refractivity contribution is -0.115. The third-order valence-electron chi connectivity index (χ3n) is 3.49. The van der Waals surface area contributed by atoms with Crippen LogP contribution in [0.1, 0.15) is 23.7 Å². The van der Waals surface area contributed by atoms with E-state index in [9.17, 15) is 14.4 Å². The highest BCUT2D eigenvalue weighted by Crippen LogP contribution is 2.25. The minimum atomic E-state index is -0.454. The zero-order chi connectivity index (χ0) is 19.1. The maximum absolute atomic E-state index is 12.2. The van der Waals surface area contributed by atoms with Gasteiger partial charge in [-0.3, -0.25) is 14.4 Å². The Morgan fingerprint density at radius 1 is 1.00 bits per heavy atom. The summed E-state index contributed by atoms with van der Waals surface area (Å²) in [6, 6.07) is 13.4. The standard InChI is InChI=1S/C20H20N2O4/c1-13(2)20(25)22-16-9-15(10-17(11-16)26-3)21-19(24)12-18(23)14-7-5-4-6-8-14/h4-11H,1,12H2,2-3H3,(H,21,24)(H,22,25). The molecule has 0 unspecified atom stereocenters. The van der Waals surface area contributed by atoms with Crippen molar-refractivity contribution in [3.8, 4) is 5.75 Å². The van der Waals surface area contributed by atoms with Gasteiger partial charge < -0.3 is 15.4 Å². The zero-order valence-corrected chi connectivity index (χ0v) is 14.7. The average Bonchev–Trinajstić information content (AvgIpc) is 2.61. The summed E-state index contributed by atoms with van der Waals surface area (Å²) in [5, 5.41) is 5.31. The fourth-order valence-electron chi connectivity index (χ4n) is 2.18. The predicted octanol–water partition coefficient (Wildman–Crippen LogP) is 3.42. The molecule has 0 aliphatic heterocycles. The maximum atomic E-state index is 12.2. The number of carbonyl (C=O) groups is 3. The number of anilines is 2. The van der Waals surface area contributed by atoms with Gasteiger partial charge in [0.05, 0.1) is 13.5 Å². The van der Waals surface area contributed by atoms with E-state index < -0.39 is 5.91 Å². The van der Waals surface area contributed by atoms with E-state index >= 15 is 0 Å². The molecule has 0 aromatic heterocycles. The van der Waals surface area contributed by atoms with E-state index in [-0.39, 0.29) is 18.1 Å². The molecule has 26 heavy (non-hydrogen) atoms. The summed E-state index contributed by atoms with van der Waals surface area (Å²) in [6.07, 6.45) is -0.283. The largest absolute Gasteiger partial charge is 0.497 e. The number of carbonyl (C=O) groups excluding carboxylic acids is 3. The number of ketones is 1. The van der Waals surface area contributed by atoms with Crippen molar-refractivity contribution in [1.82, 2.24) is 0 Å². The normalized spacial score (nSPS) is 9.92. The summed E-state index contributed by atoms with van der Waals surface area (Å²) in [5.74, 6) is -0.616. The smallest absolute Gasteiger partial charge is 0.250 e. The molecular formula is C20H20N2O4. The van der Waals surface area contributed by atoms with Crippen LogP contribution in [0, 0.1) is 0 Å². The van der Waals surface area contributed by atoms with E-state index in [4.69, 9.17) is 4.74 Å². The lowest BCUT2D eigenvalue weighted by atomic mass is 10.1. The van der Waals surface area contributed by atoms with Gasteiger partial charge in [0.15, 0.2) is 5.78 Å². The zero-order valence-electron chi connectivity index (χ0n) is 14.7. The summed E-state index contributed by atoms with van der Waals surface area (Å²) in [4.78, 5) is 36.0. The Labute approximate surface area is 151 Å². The number of hydrogen-bond acceptors (Lipinski definition) is 4. The van der Waals surface area contributed by atoms with Gasteiger partial charge in [0.2, 0.25) is 5.91 Å². The Kier molecular flexibility index (Phi) is 6.27. The minimum Gasteiger partial charge on any atom is -0.497 e. The van der Waals surface area contributed by atoms with Gasteiger partial charge in [-0.15, -0.1) is 0 Å². The van der Waals surface area contributed by atoms with E-state index in [1.807, 2.05) is 0 Å². The first-order valence-electron chi connectivity index (χ1n) is 7.93. The van der Waals surface area contributed by atoms with Gasteiger partial charge in [0, 0.05) is 34.6 Å². The van der Waals surface area contributed by atoms with Crippen molar-refractivity contribution in [3.63, 3.8) is 0 Å². The van der Waals surface area contributed by atoms with E-state index in [2.05, 4.69) is 17.2 Å². The topological polar surface area (TPSA) is 84.5 Å². The SMILES string of the molecule is C=C(C)C(=O)Nc1cc(NC(=O)CC(=O)c2ccccc2)cc(OC)c1. The maximum Gasteiger partial charge on any atom is 0.250 e. The van der Waals surface area contributed by atoms with Crippen molar-refractivity contribution in [2.24, 2.45) is 0 Å². The second kappa shape index (κ2) is 8.62. The molecule has 2 amide bonds. The molecule has 6 heteroatoms. The molecule has 0 fully saturated rings. The van der Waals surface area contributed by atoms with Crippen LogP contribution in [0.15, 0.2) is 60.7 Å². The van der Waals surface area contributed by atoms with Gasteiger partial charge >= 0.3 is 0 Å². The first-order chi connectivity index (χ1) is 12.4. The fraction of sp³-hybridized carbons (Fsp3) is 0.150. The Balaban J connectivity index is 2.10. The summed E-state index contributed by atoms with van der Waals surface area (Å²) in [6.45, 7) is 5.17. The van der Waals surface area contributed by atoms with Crippen LogP contribution in [0.5, 0.6) is 5.75 Å². The quantitative estimate of drug-likeness (QED) is 0.454. The molecule has 0 aliphatic rings. The molecule has 6 nitrogen and oxygen atoms in total. The molecule has 0 bridgehead atoms. The lowest BCUT2D eigenvalue weighted by Gasteiger charge is -2.11. The second-order valence-electron chi connectivity index (χ2n) is 5.70. The first-order valence-corrected chi connectivity index (χ1v) is 7.93. The molecule has 2 aromatic rings. The number of ether oxygens (including phenoxy) is 1. The molecule has 0 saturated carbocycles. The molecule has 0 heterocycles. The van der Waals surface area contributed by atoms with Gasteiger partial charge in [-0.1, -0.05) is 36.9 Å². The third kappa shape index (κ3) is 5.31. The Hall–Kier alpha value is -3.41. The van der Waals surface area contributed by atoms with Gasteiger partial charge in [-0.05, 0) is 13.0 Å². The number of nitrogens with one attached hydrogen (secondary N) is 2. The molecule has 0 radical (unpaired) electrons. The number of methoxy groups -OCH3 is 1. The third-order valence-corrected chi connectivity index (χ3v) is 3.49. The van der Waals surface area contributed by atoms with Crippen molar-refractivity contribution in [1.29, 1.82) is 0 Å². The number of benzene rings is 2. The van der Waals surface area contributed by atoms with Crippen LogP contribution in [0.4, 0.5) is 11.4 Å². The Morgan fingerprint density at radius 3 is 2.19 bits per heavy atom. The van der Waals surface area contributed by atoms with Crippen LogP contribution >= 0.6 is 0 Å². The summed E-state index contributed by atoms with van der Waals surface area (Å²) in [5.41, 5.74) is 1.68. The molecular weight excluding hydrogens is 332 g/mol. The number of amides is 2. The highest BCUT2D eigenvalue weighted by atomic mass is 16.5. The van der Waals surface area contributed by atoms with Crippen LogP contribution in [0.3, 0.4) is 0 Å². The molecule has 2 aromatic carbocycles. The Bertz CT molecular complexity index is 844. The van der Waals surface area contributed by atoms with Gasteiger partial charge in [-0.2, -0.15) is 0 Å². The van der Waals surface area contributed by atoms with Gasteiger partial charge in [0.25, 0.3) is 5.91 Å². The van der Waals surface area contributed by atoms with Gasteiger partial charge in [-0.25, -0.2) is 0 Å². The van der Waals surface area contributed by atoms with Gasteiger partial charge in [0.1, 0.15) is 5.75 Å². The monoisotopic (exact) mass is 352 g/mol. The van der Waals surface area contributed by atoms with Crippen molar-refractivity contribution < 1.29 is 19.1 Å². The highest BCUT2D eigenvalue weighted by Gasteiger charge is 2.13. The number of rotatable bonds is 7. The van der Waals surface area contributed by atoms with Crippen molar-refractivity contribution in [3.05, 3.63) is 66.2 Å². The lowest BCUT2D eigenvalue weighted by Crippen LogP contribution is -2.17. The van der Waals surface area contributed by atoms with E-state index in [0.29, 0.717) is 28.3 Å². The Morgan fingerprint density at radius 2 is 1.62 bits per heavy atom. The van der Waals surface area contributed by atoms with Crippen molar-refractivity contribution >= 4 is 29.0 Å². The fourth-order valence-corrected chi connectivity index (χ4v) is 2.18. The van der Waals surface area contributed by atoms with Crippen molar-refractivity contribution in [2.75, 3.05) is 17.7 Å². The first kappa shape index (κ1) is 18.9. The summed E-state index contributed by atoms with van der Waals surface area (Å²) in [7, 11) is 1.48. The summed E-state index contributed by atoms with van der Waals surface area (Å²) < 4.78 is 5.18. The molecule has 134 valence electrons. The minimum absolute atomic E-state index is 0.276. The molecule has 2 rings (SSSR count). The van der Waals surface area contributed by atoms with Crippen LogP contribution in [-0.4, -0.2) is 24.7 Å². The number of hydrogen-bond donors (Lipinski definition) is 2. The van der Waals surface area contributed by atoms with Crippen LogP contribution < -0.4 is 15.4 Å². The highest BCUT2D eigenvalue weighted by molar-refractivity contribution is 6.11. The average molecular weight is 352 g/mol. The number of Topliss-reactive ketones (excluding diaryl/α,β-unsaturated/α-hetero) is 1. The van der Waals surface area contributed by atoms with Crippen molar-refractivity contribution in [2.45, 2.75) is 13.3 Å². The van der Waals surface area contributed by atoms with Crippen LogP contribution in [0.25, 0.3) is 0 Å². The molecule has 0 aliphatic carbocycles. The van der Waals surface area contributed by atoms with E-state index in [1.54, 1.807) is 55.5 Å².